The number of Topliss-reactive ketones (excluding diaryl/α,β-unsaturated/α-hetero) is 1. The molecule has 2 saturated carbocycles. The second kappa shape index (κ2) is 13.5. The second-order valence-corrected chi connectivity index (χ2v) is 13.2. The highest BCUT2D eigenvalue weighted by Gasteiger charge is 2.66. The van der Waals surface area contributed by atoms with Crippen molar-refractivity contribution < 1.29 is 24.0 Å². The minimum Gasteiger partial charge on any atom is -0.356 e. The monoisotopic (exact) mass is 625 g/mol. The molecule has 3 aromatic rings. The molecule has 46 heavy (non-hydrogen) atoms. The number of amides is 4. The lowest BCUT2D eigenvalue weighted by atomic mass is 9.84. The number of hydrogen-bond acceptors (Lipinski definition) is 5. The molecule has 2 aliphatic carbocycles. The van der Waals surface area contributed by atoms with Crippen molar-refractivity contribution in [2.75, 3.05) is 6.54 Å². The van der Waals surface area contributed by atoms with Crippen LogP contribution in [0.15, 0.2) is 60.7 Å². The van der Waals surface area contributed by atoms with Crippen molar-refractivity contribution in [3.05, 3.63) is 71.9 Å². The SMILES string of the molecule is Cn1c(C(=O)N[C@@H](CC2CCCCC2)C(=O)NC2(C(=O)C(=O)NCc3ccccc3)CC2C2CCCNC2=O)cc2ccccc21. The smallest absolute Gasteiger partial charge is 0.290 e. The summed E-state index contributed by atoms with van der Waals surface area (Å²) in [6.45, 7) is 0.728. The van der Waals surface area contributed by atoms with Gasteiger partial charge in [0.05, 0.1) is 0 Å². The van der Waals surface area contributed by atoms with Gasteiger partial charge in [0.1, 0.15) is 17.3 Å². The van der Waals surface area contributed by atoms with E-state index in [1.807, 2.05) is 61.6 Å². The van der Waals surface area contributed by atoms with E-state index in [1.54, 1.807) is 10.6 Å². The Kier molecular flexibility index (Phi) is 9.24. The lowest BCUT2D eigenvalue weighted by molar-refractivity contribution is -0.142. The van der Waals surface area contributed by atoms with Gasteiger partial charge in [-0.1, -0.05) is 80.6 Å². The molecule has 6 rings (SSSR count). The fraction of sp³-hybridized carbons (Fsp3) is 0.472. The molecule has 4 N–H and O–H groups in total. The lowest BCUT2D eigenvalue weighted by Gasteiger charge is -2.29. The molecule has 2 aromatic carbocycles. The van der Waals surface area contributed by atoms with Gasteiger partial charge in [-0.05, 0) is 49.3 Å². The van der Waals surface area contributed by atoms with E-state index in [0.29, 0.717) is 25.1 Å². The first kappa shape index (κ1) is 31.5. The molecule has 2 heterocycles. The van der Waals surface area contributed by atoms with Gasteiger partial charge in [-0.3, -0.25) is 24.0 Å². The summed E-state index contributed by atoms with van der Waals surface area (Å²) in [4.78, 5) is 67.9. The van der Waals surface area contributed by atoms with E-state index in [9.17, 15) is 24.0 Å². The molecule has 4 atom stereocenters. The maximum absolute atomic E-state index is 14.2. The zero-order valence-electron chi connectivity index (χ0n) is 26.3. The number of rotatable bonds is 11. The van der Waals surface area contributed by atoms with Crippen LogP contribution < -0.4 is 21.3 Å². The third kappa shape index (κ3) is 6.57. The number of aryl methyl sites for hydroxylation is 1. The summed E-state index contributed by atoms with van der Waals surface area (Å²) in [6, 6.07) is 17.9. The third-order valence-corrected chi connectivity index (χ3v) is 10.2. The molecule has 3 fully saturated rings. The number of fused-ring (bicyclic) bond motifs is 1. The van der Waals surface area contributed by atoms with Crippen LogP contribution in [0.4, 0.5) is 0 Å². The van der Waals surface area contributed by atoms with Crippen molar-refractivity contribution in [3.8, 4) is 0 Å². The Morgan fingerprint density at radius 2 is 1.70 bits per heavy atom. The van der Waals surface area contributed by atoms with Crippen LogP contribution in [0.1, 0.15) is 73.8 Å². The molecule has 3 aliphatic rings. The third-order valence-electron chi connectivity index (χ3n) is 10.2. The van der Waals surface area contributed by atoms with Gasteiger partial charge in [0.2, 0.25) is 17.6 Å². The van der Waals surface area contributed by atoms with Crippen molar-refractivity contribution in [1.82, 2.24) is 25.8 Å². The number of nitrogens with one attached hydrogen (secondary N) is 4. The molecule has 1 aliphatic heterocycles. The summed E-state index contributed by atoms with van der Waals surface area (Å²) >= 11 is 0. The van der Waals surface area contributed by atoms with Gasteiger partial charge in [-0.25, -0.2) is 0 Å². The lowest BCUT2D eigenvalue weighted by Crippen LogP contribution is -2.57. The number of hydrogen-bond donors (Lipinski definition) is 4. The number of ketones is 1. The van der Waals surface area contributed by atoms with E-state index in [4.69, 9.17) is 0 Å². The molecule has 10 nitrogen and oxygen atoms in total. The predicted molar refractivity (Wildman–Crippen MR) is 173 cm³/mol. The van der Waals surface area contributed by atoms with Crippen molar-refractivity contribution in [2.45, 2.75) is 75.9 Å². The predicted octanol–water partition coefficient (Wildman–Crippen LogP) is 3.53. The van der Waals surface area contributed by atoms with E-state index < -0.39 is 41.0 Å². The zero-order chi connectivity index (χ0) is 32.3. The van der Waals surface area contributed by atoms with Gasteiger partial charge in [-0.2, -0.15) is 0 Å². The van der Waals surface area contributed by atoms with E-state index >= 15 is 0 Å². The van der Waals surface area contributed by atoms with Crippen molar-refractivity contribution in [1.29, 1.82) is 0 Å². The molecule has 10 heteroatoms. The van der Waals surface area contributed by atoms with Crippen LogP contribution in [-0.4, -0.2) is 52.1 Å². The molecular formula is C36H43N5O5. The van der Waals surface area contributed by atoms with Gasteiger partial charge in [-0.15, -0.1) is 0 Å². The van der Waals surface area contributed by atoms with E-state index in [2.05, 4.69) is 21.3 Å². The number of carbonyl (C=O) groups excluding carboxylic acids is 5. The van der Waals surface area contributed by atoms with Crippen molar-refractivity contribution in [2.24, 2.45) is 24.8 Å². The first-order chi connectivity index (χ1) is 22.3. The van der Waals surface area contributed by atoms with Crippen molar-refractivity contribution in [3.63, 3.8) is 0 Å². The average molecular weight is 626 g/mol. The number of piperidine rings is 1. The van der Waals surface area contributed by atoms with Crippen molar-refractivity contribution >= 4 is 40.3 Å². The Labute approximate surface area is 269 Å². The van der Waals surface area contributed by atoms with E-state index in [0.717, 1.165) is 55.0 Å². The molecule has 0 bridgehead atoms. The Morgan fingerprint density at radius 1 is 0.957 bits per heavy atom. The van der Waals surface area contributed by atoms with Gasteiger partial charge >= 0.3 is 0 Å². The summed E-state index contributed by atoms with van der Waals surface area (Å²) in [7, 11) is 1.82. The Balaban J connectivity index is 1.24. The van der Waals surface area contributed by atoms with Crippen LogP contribution in [0.3, 0.4) is 0 Å². The van der Waals surface area contributed by atoms with Crippen LogP contribution in [-0.2, 0) is 32.8 Å². The van der Waals surface area contributed by atoms with Crippen LogP contribution in [0.25, 0.3) is 10.9 Å². The summed E-state index contributed by atoms with van der Waals surface area (Å²) in [5.41, 5.74) is 0.659. The normalized spacial score (nSPS) is 23.6. The minimum absolute atomic E-state index is 0.160. The number of nitrogens with zero attached hydrogens (tertiary/aromatic N) is 1. The van der Waals surface area contributed by atoms with Gasteiger partial charge in [0.15, 0.2) is 0 Å². The Hall–Kier alpha value is -4.47. The highest BCUT2D eigenvalue weighted by Crippen LogP contribution is 2.51. The largest absolute Gasteiger partial charge is 0.356 e. The molecule has 1 aromatic heterocycles. The molecule has 4 amide bonds. The molecule has 1 saturated heterocycles. The number of benzene rings is 2. The molecule has 3 unspecified atom stereocenters. The first-order valence-corrected chi connectivity index (χ1v) is 16.6. The number of carbonyl (C=O) groups is 5. The first-order valence-electron chi connectivity index (χ1n) is 16.6. The van der Waals surface area contributed by atoms with Gasteiger partial charge in [0, 0.05) is 42.9 Å². The van der Waals surface area contributed by atoms with Crippen LogP contribution in [0.5, 0.6) is 0 Å². The van der Waals surface area contributed by atoms with E-state index in [-0.39, 0.29) is 30.7 Å². The Bertz CT molecular complexity index is 1630. The standard InChI is InChI=1S/C36H43N5O5/c1-41-29-17-9-8-15-25(29)20-30(41)34(45)39-28(19-23-11-4-2-5-12-23)33(44)40-36(21-27(36)26-16-10-18-37-32(26)43)31(42)35(46)38-22-24-13-6-3-7-14-24/h3,6-9,13-15,17,20,23,26-28H,2,4-5,10-12,16,18-19,21-22H2,1H3,(H,37,43)(H,38,46)(H,39,45)(H,40,44)/t26?,27?,28-,36?/m0/s1. The van der Waals surface area contributed by atoms with Crippen LogP contribution in [0, 0.1) is 17.8 Å². The fourth-order valence-electron chi connectivity index (χ4n) is 7.51. The van der Waals surface area contributed by atoms with Crippen LogP contribution >= 0.6 is 0 Å². The number of para-hydroxylation sites is 1. The summed E-state index contributed by atoms with van der Waals surface area (Å²) in [5, 5.41) is 12.4. The van der Waals surface area contributed by atoms with Crippen LogP contribution in [0.2, 0.25) is 0 Å². The fourth-order valence-corrected chi connectivity index (χ4v) is 7.51. The molecular weight excluding hydrogens is 582 g/mol. The quantitative estimate of drug-likeness (QED) is 0.242. The summed E-state index contributed by atoms with van der Waals surface area (Å²) in [5.74, 6) is -3.33. The molecule has 242 valence electrons. The average Bonchev–Trinajstić information content (AvgIpc) is 3.70. The topological polar surface area (TPSA) is 138 Å². The highest BCUT2D eigenvalue weighted by molar-refractivity contribution is 6.41. The summed E-state index contributed by atoms with van der Waals surface area (Å²) < 4.78 is 1.81. The Morgan fingerprint density at radius 3 is 2.43 bits per heavy atom. The maximum Gasteiger partial charge on any atom is 0.290 e. The van der Waals surface area contributed by atoms with E-state index in [1.165, 1.54) is 0 Å². The maximum atomic E-state index is 14.2. The summed E-state index contributed by atoms with van der Waals surface area (Å²) in [6.07, 6.45) is 7.18. The highest BCUT2D eigenvalue weighted by atomic mass is 16.2. The zero-order valence-corrected chi connectivity index (χ0v) is 26.3. The minimum atomic E-state index is -1.51. The molecule has 0 radical (unpaired) electrons. The second-order valence-electron chi connectivity index (χ2n) is 13.2. The molecule has 0 spiro atoms. The number of aromatic nitrogens is 1. The van der Waals surface area contributed by atoms with Gasteiger partial charge in [0.25, 0.3) is 11.8 Å². The van der Waals surface area contributed by atoms with Gasteiger partial charge < -0.3 is 25.8 Å².